The number of methoxy groups -OCH3 is 1. The third-order valence-corrected chi connectivity index (χ3v) is 3.14. The van der Waals surface area contributed by atoms with Crippen molar-refractivity contribution in [1.29, 1.82) is 0 Å². The fourth-order valence-electron chi connectivity index (χ4n) is 1.71. The number of hydrogen-bond acceptors (Lipinski definition) is 3. The Hall–Kier alpha value is -2.02. The highest BCUT2D eigenvalue weighted by Crippen LogP contribution is 2.35. The molecule has 8 heteroatoms. The van der Waals surface area contributed by atoms with Crippen LogP contribution in [0.3, 0.4) is 0 Å². The van der Waals surface area contributed by atoms with E-state index >= 15 is 0 Å². The first kappa shape index (κ1) is 19.0. The lowest BCUT2D eigenvalue weighted by molar-refractivity contribution is -0.141. The fourth-order valence-corrected chi connectivity index (χ4v) is 1.94. The van der Waals surface area contributed by atoms with Crippen LogP contribution >= 0.6 is 11.6 Å². The molecule has 1 rings (SSSR count). The summed E-state index contributed by atoms with van der Waals surface area (Å²) in [6.07, 6.45) is -2.27. The van der Waals surface area contributed by atoms with Crippen LogP contribution in [0.5, 0.6) is 0 Å². The number of carbonyl (C=O) groups excluding carboxylic acids is 2. The zero-order chi connectivity index (χ0) is 17.6. The summed E-state index contributed by atoms with van der Waals surface area (Å²) in [6.45, 7) is 1.60. The minimum absolute atomic E-state index is 0.00472. The van der Waals surface area contributed by atoms with Crippen LogP contribution in [0, 0.1) is 0 Å². The molecule has 0 aliphatic rings. The second kappa shape index (κ2) is 8.01. The number of carbonyl (C=O) groups is 2. The predicted molar refractivity (Wildman–Crippen MR) is 79.7 cm³/mol. The zero-order valence-corrected chi connectivity index (χ0v) is 13.2. The molecule has 0 aliphatic carbocycles. The summed E-state index contributed by atoms with van der Waals surface area (Å²) >= 11 is 5.51. The van der Waals surface area contributed by atoms with Crippen LogP contribution in [0.2, 0.25) is 5.02 Å². The highest BCUT2D eigenvalue weighted by Gasteiger charge is 2.33. The molecule has 1 amide bonds. The van der Waals surface area contributed by atoms with E-state index in [0.717, 1.165) is 18.2 Å². The van der Waals surface area contributed by atoms with Gasteiger partial charge in [0.05, 0.1) is 24.1 Å². The van der Waals surface area contributed by atoms with Crippen molar-refractivity contribution in [1.82, 2.24) is 5.32 Å². The molecule has 1 aromatic rings. The molecule has 0 aromatic heterocycles. The number of halogens is 4. The largest absolute Gasteiger partial charge is 0.469 e. The molecule has 0 heterocycles. The second-order valence-corrected chi connectivity index (χ2v) is 5.17. The molecule has 1 N–H and O–H groups in total. The molecule has 126 valence electrons. The van der Waals surface area contributed by atoms with Crippen LogP contribution < -0.4 is 5.32 Å². The quantitative estimate of drug-likeness (QED) is 0.654. The van der Waals surface area contributed by atoms with E-state index in [4.69, 9.17) is 11.6 Å². The Bertz CT molecular complexity index is 614. The van der Waals surface area contributed by atoms with Crippen LogP contribution in [0.4, 0.5) is 13.2 Å². The van der Waals surface area contributed by atoms with Gasteiger partial charge in [0.25, 0.3) is 0 Å². The molecule has 0 saturated carbocycles. The minimum atomic E-state index is -4.57. The highest BCUT2D eigenvalue weighted by molar-refractivity contribution is 6.31. The van der Waals surface area contributed by atoms with Crippen molar-refractivity contribution in [3.8, 4) is 0 Å². The van der Waals surface area contributed by atoms with Gasteiger partial charge in [-0.05, 0) is 30.7 Å². The Morgan fingerprint density at radius 3 is 2.61 bits per heavy atom. The lowest BCUT2D eigenvalue weighted by Gasteiger charge is -2.11. The van der Waals surface area contributed by atoms with Crippen molar-refractivity contribution < 1.29 is 27.5 Å². The van der Waals surface area contributed by atoms with E-state index in [2.05, 4.69) is 10.1 Å². The Morgan fingerprint density at radius 2 is 2.04 bits per heavy atom. The topological polar surface area (TPSA) is 55.4 Å². The van der Waals surface area contributed by atoms with Crippen molar-refractivity contribution >= 4 is 29.6 Å². The molecule has 0 fully saturated rings. The maximum Gasteiger partial charge on any atom is 0.417 e. The summed E-state index contributed by atoms with van der Waals surface area (Å²) in [6, 6.07) is 2.86. The third kappa shape index (κ3) is 6.32. The average Bonchev–Trinajstić information content (AvgIpc) is 2.44. The number of esters is 1. The zero-order valence-electron chi connectivity index (χ0n) is 12.4. The molecule has 0 radical (unpaired) electrons. The molecule has 0 saturated heterocycles. The molecule has 1 atom stereocenters. The highest BCUT2D eigenvalue weighted by atomic mass is 35.5. The molecule has 0 bridgehead atoms. The molecule has 0 spiro atoms. The molecule has 23 heavy (non-hydrogen) atoms. The third-order valence-electron chi connectivity index (χ3n) is 2.81. The Balaban J connectivity index is 2.74. The van der Waals surface area contributed by atoms with Crippen LogP contribution in [0.25, 0.3) is 6.08 Å². The summed E-state index contributed by atoms with van der Waals surface area (Å²) in [7, 11) is 1.23. The number of hydrogen-bond donors (Lipinski definition) is 1. The van der Waals surface area contributed by atoms with Crippen LogP contribution in [0.15, 0.2) is 24.3 Å². The summed E-state index contributed by atoms with van der Waals surface area (Å²) in [4.78, 5) is 22.7. The maximum atomic E-state index is 12.7. The summed E-state index contributed by atoms with van der Waals surface area (Å²) < 4.78 is 42.6. The van der Waals surface area contributed by atoms with Crippen LogP contribution in [-0.2, 0) is 20.5 Å². The first-order chi connectivity index (χ1) is 10.6. The number of nitrogens with one attached hydrogen (secondary N) is 1. The second-order valence-electron chi connectivity index (χ2n) is 4.76. The first-order valence-electron chi connectivity index (χ1n) is 6.55. The Morgan fingerprint density at radius 1 is 1.39 bits per heavy atom. The van der Waals surface area contributed by atoms with E-state index < -0.39 is 34.7 Å². The van der Waals surface area contributed by atoms with E-state index in [0.29, 0.717) is 0 Å². The van der Waals surface area contributed by atoms with Crippen LogP contribution in [-0.4, -0.2) is 25.0 Å². The summed E-state index contributed by atoms with van der Waals surface area (Å²) in [5.74, 6) is -1.01. The number of amides is 1. The van der Waals surface area contributed by atoms with Gasteiger partial charge in [0.1, 0.15) is 0 Å². The number of rotatable bonds is 5. The van der Waals surface area contributed by atoms with E-state index in [1.165, 1.54) is 19.3 Å². The molecule has 1 unspecified atom stereocenters. The maximum absolute atomic E-state index is 12.7. The molecular weight excluding hydrogens is 335 g/mol. The van der Waals surface area contributed by atoms with E-state index in [1.54, 1.807) is 6.92 Å². The van der Waals surface area contributed by atoms with Crippen molar-refractivity contribution in [2.24, 2.45) is 0 Å². The SMILES string of the molecule is COC(=O)CC(C)NC(=O)/C=C/c1ccc(Cl)c(C(F)(F)F)c1. The monoisotopic (exact) mass is 349 g/mol. The number of benzene rings is 1. The van der Waals surface area contributed by atoms with Gasteiger partial charge in [-0.2, -0.15) is 13.2 Å². The lowest BCUT2D eigenvalue weighted by Crippen LogP contribution is -2.33. The molecular formula is C15H15ClF3NO3. The van der Waals surface area contributed by atoms with Crippen molar-refractivity contribution in [2.75, 3.05) is 7.11 Å². The standard InChI is InChI=1S/C15H15ClF3NO3/c1-9(7-14(22)23-2)20-13(21)6-4-10-3-5-12(16)11(8-10)15(17,18)19/h3-6,8-9H,7H2,1-2H3,(H,20,21)/b6-4+. The van der Waals surface area contributed by atoms with Crippen molar-refractivity contribution in [3.05, 3.63) is 40.4 Å². The van der Waals surface area contributed by atoms with Gasteiger partial charge in [0.2, 0.25) is 5.91 Å². The van der Waals surface area contributed by atoms with Crippen molar-refractivity contribution in [2.45, 2.75) is 25.6 Å². The molecule has 4 nitrogen and oxygen atoms in total. The number of alkyl halides is 3. The number of ether oxygens (including phenoxy) is 1. The van der Waals surface area contributed by atoms with E-state index in [1.807, 2.05) is 0 Å². The van der Waals surface area contributed by atoms with E-state index in [9.17, 15) is 22.8 Å². The lowest BCUT2D eigenvalue weighted by atomic mass is 10.1. The van der Waals surface area contributed by atoms with Gasteiger partial charge in [0.15, 0.2) is 0 Å². The van der Waals surface area contributed by atoms with E-state index in [-0.39, 0.29) is 12.0 Å². The molecule has 0 aliphatic heterocycles. The van der Waals surface area contributed by atoms with Gasteiger partial charge < -0.3 is 10.1 Å². The van der Waals surface area contributed by atoms with Gasteiger partial charge in [-0.3, -0.25) is 9.59 Å². The Labute approximate surface area is 136 Å². The van der Waals surface area contributed by atoms with Gasteiger partial charge in [-0.1, -0.05) is 17.7 Å². The van der Waals surface area contributed by atoms with Gasteiger partial charge >= 0.3 is 12.1 Å². The van der Waals surface area contributed by atoms with Gasteiger partial charge in [-0.15, -0.1) is 0 Å². The summed E-state index contributed by atoms with van der Waals surface area (Å²) in [5, 5.41) is 2.09. The normalized spacial score (nSPS) is 13.0. The van der Waals surface area contributed by atoms with Crippen molar-refractivity contribution in [3.63, 3.8) is 0 Å². The Kier molecular flexibility index (Phi) is 6.62. The average molecular weight is 350 g/mol. The van der Waals surface area contributed by atoms with Crippen LogP contribution in [0.1, 0.15) is 24.5 Å². The first-order valence-corrected chi connectivity index (χ1v) is 6.93. The fraction of sp³-hybridized carbons (Fsp3) is 0.333. The smallest absolute Gasteiger partial charge is 0.417 e. The predicted octanol–water partition coefficient (Wildman–Crippen LogP) is 3.44. The molecule has 1 aromatic carbocycles. The summed E-state index contributed by atoms with van der Waals surface area (Å²) in [5.41, 5.74) is -0.793. The van der Waals surface area contributed by atoms with Gasteiger partial charge in [-0.25, -0.2) is 0 Å². The minimum Gasteiger partial charge on any atom is -0.469 e. The van der Waals surface area contributed by atoms with Gasteiger partial charge in [0, 0.05) is 12.1 Å².